The molecule has 3 rings (SSSR count). The highest BCUT2D eigenvalue weighted by atomic mass is 35.5. The SMILES string of the molecule is O=Nc1ccc(-c2nc(Cl)c3ccc(F)cc3n2)o1. The molecule has 3 aromatic rings. The summed E-state index contributed by atoms with van der Waals surface area (Å²) in [7, 11) is 0. The van der Waals surface area contributed by atoms with E-state index in [4.69, 9.17) is 16.0 Å². The summed E-state index contributed by atoms with van der Waals surface area (Å²) in [5.41, 5.74) is 0.354. The number of hydrogen-bond acceptors (Lipinski definition) is 5. The Morgan fingerprint density at radius 2 is 2.05 bits per heavy atom. The van der Waals surface area contributed by atoms with Crippen molar-refractivity contribution in [2.45, 2.75) is 0 Å². The average molecular weight is 278 g/mol. The van der Waals surface area contributed by atoms with Crippen LogP contribution in [0, 0.1) is 10.7 Å². The molecule has 0 saturated heterocycles. The van der Waals surface area contributed by atoms with Gasteiger partial charge in [0.25, 0.3) is 5.88 Å². The van der Waals surface area contributed by atoms with Crippen LogP contribution in [0.1, 0.15) is 0 Å². The maximum absolute atomic E-state index is 13.2. The molecule has 0 aliphatic rings. The predicted octanol–water partition coefficient (Wildman–Crippen LogP) is 4.08. The van der Waals surface area contributed by atoms with Crippen molar-refractivity contribution in [2.24, 2.45) is 5.18 Å². The Labute approximate surface area is 111 Å². The zero-order valence-electron chi connectivity index (χ0n) is 9.30. The van der Waals surface area contributed by atoms with E-state index < -0.39 is 5.82 Å². The van der Waals surface area contributed by atoms with Gasteiger partial charge >= 0.3 is 0 Å². The summed E-state index contributed by atoms with van der Waals surface area (Å²) in [5, 5.41) is 3.36. The molecule has 0 radical (unpaired) electrons. The van der Waals surface area contributed by atoms with E-state index in [9.17, 15) is 9.30 Å². The molecule has 5 nitrogen and oxygen atoms in total. The Balaban J connectivity index is 2.21. The average Bonchev–Trinajstić information content (AvgIpc) is 2.86. The fraction of sp³-hybridized carbons (Fsp3) is 0. The molecule has 0 bridgehead atoms. The van der Waals surface area contributed by atoms with Crippen molar-refractivity contribution in [3.8, 4) is 11.6 Å². The number of benzene rings is 1. The molecule has 19 heavy (non-hydrogen) atoms. The number of furan rings is 1. The highest BCUT2D eigenvalue weighted by Gasteiger charge is 2.12. The molecule has 0 aliphatic carbocycles. The predicted molar refractivity (Wildman–Crippen MR) is 67.7 cm³/mol. The first-order valence-electron chi connectivity index (χ1n) is 5.24. The van der Waals surface area contributed by atoms with Crippen LogP contribution in [0.2, 0.25) is 5.15 Å². The molecule has 0 saturated carbocycles. The molecule has 1 aromatic carbocycles. The largest absolute Gasteiger partial charge is 0.432 e. The number of nitroso groups, excluding NO2 is 1. The molecule has 94 valence electrons. The van der Waals surface area contributed by atoms with Crippen LogP contribution >= 0.6 is 11.6 Å². The third-order valence-electron chi connectivity index (χ3n) is 2.51. The quantitative estimate of drug-likeness (QED) is 0.523. The van der Waals surface area contributed by atoms with Gasteiger partial charge in [-0.2, -0.15) is 0 Å². The summed E-state index contributed by atoms with van der Waals surface area (Å²) in [5.74, 6) is -0.113. The summed E-state index contributed by atoms with van der Waals surface area (Å²) >= 11 is 6.00. The van der Waals surface area contributed by atoms with Crippen molar-refractivity contribution in [2.75, 3.05) is 0 Å². The summed E-state index contributed by atoms with van der Waals surface area (Å²) in [6, 6.07) is 6.90. The minimum Gasteiger partial charge on any atom is -0.432 e. The molecule has 2 heterocycles. The highest BCUT2D eigenvalue weighted by Crippen LogP contribution is 2.28. The topological polar surface area (TPSA) is 68.3 Å². The van der Waals surface area contributed by atoms with Crippen LogP contribution in [0.3, 0.4) is 0 Å². The molecule has 0 N–H and O–H groups in total. The van der Waals surface area contributed by atoms with Gasteiger partial charge in [-0.05, 0) is 18.2 Å². The molecule has 0 aliphatic heterocycles. The number of fused-ring (bicyclic) bond motifs is 1. The van der Waals surface area contributed by atoms with E-state index in [1.807, 2.05) is 0 Å². The fourth-order valence-electron chi connectivity index (χ4n) is 1.67. The number of halogens is 2. The first-order chi connectivity index (χ1) is 9.17. The molecule has 0 amide bonds. The van der Waals surface area contributed by atoms with Crippen molar-refractivity contribution < 1.29 is 8.81 Å². The normalized spacial score (nSPS) is 10.8. The van der Waals surface area contributed by atoms with Gasteiger partial charge in [-0.3, -0.25) is 0 Å². The third kappa shape index (κ3) is 2.06. The van der Waals surface area contributed by atoms with Crippen molar-refractivity contribution in [1.82, 2.24) is 9.97 Å². The Bertz CT molecular complexity index is 788. The first-order valence-corrected chi connectivity index (χ1v) is 5.61. The minimum absolute atomic E-state index is 0.0888. The third-order valence-corrected chi connectivity index (χ3v) is 2.80. The molecular formula is C12H5ClFN3O2. The van der Waals surface area contributed by atoms with E-state index in [1.54, 1.807) is 0 Å². The lowest BCUT2D eigenvalue weighted by atomic mass is 10.2. The van der Waals surface area contributed by atoms with Gasteiger partial charge in [-0.25, -0.2) is 14.4 Å². The van der Waals surface area contributed by atoms with E-state index in [-0.39, 0.29) is 22.6 Å². The van der Waals surface area contributed by atoms with Crippen LogP contribution in [-0.4, -0.2) is 9.97 Å². The molecular weight excluding hydrogens is 273 g/mol. The van der Waals surface area contributed by atoms with Crippen LogP contribution < -0.4 is 0 Å². The molecule has 2 aromatic heterocycles. The monoisotopic (exact) mass is 277 g/mol. The standard InChI is InChI=1S/C12H5ClFN3O2/c13-11-7-2-1-6(14)5-8(7)15-12(16-11)9-3-4-10(17-18)19-9/h1-5H. The number of nitrogens with zero attached hydrogens (tertiary/aromatic N) is 3. The Morgan fingerprint density at radius 3 is 2.79 bits per heavy atom. The highest BCUT2D eigenvalue weighted by molar-refractivity contribution is 6.34. The molecule has 0 atom stereocenters. The maximum atomic E-state index is 13.2. The van der Waals surface area contributed by atoms with Gasteiger partial charge in [-0.1, -0.05) is 11.6 Å². The van der Waals surface area contributed by atoms with Gasteiger partial charge in [0, 0.05) is 22.7 Å². The molecule has 7 heteroatoms. The van der Waals surface area contributed by atoms with Crippen LogP contribution in [0.15, 0.2) is 39.9 Å². The van der Waals surface area contributed by atoms with Crippen molar-refractivity contribution in [1.29, 1.82) is 0 Å². The summed E-state index contributed by atoms with van der Waals surface area (Å²) in [6.45, 7) is 0. The maximum Gasteiger partial charge on any atom is 0.261 e. The zero-order chi connectivity index (χ0) is 13.4. The van der Waals surface area contributed by atoms with Gasteiger partial charge in [0.05, 0.1) is 5.52 Å². The van der Waals surface area contributed by atoms with Crippen LogP contribution in [0.5, 0.6) is 0 Å². The van der Waals surface area contributed by atoms with Crippen molar-refractivity contribution in [3.05, 3.63) is 46.2 Å². The Hall–Kier alpha value is -2.34. The first kappa shape index (κ1) is 11.7. The van der Waals surface area contributed by atoms with E-state index in [2.05, 4.69) is 15.1 Å². The zero-order valence-corrected chi connectivity index (χ0v) is 10.1. The van der Waals surface area contributed by atoms with Gasteiger partial charge in [-0.15, -0.1) is 4.91 Å². The summed E-state index contributed by atoms with van der Waals surface area (Å²) in [4.78, 5) is 18.5. The second-order valence-electron chi connectivity index (χ2n) is 3.73. The van der Waals surface area contributed by atoms with Crippen LogP contribution in [0.4, 0.5) is 10.3 Å². The van der Waals surface area contributed by atoms with Gasteiger partial charge < -0.3 is 4.42 Å². The number of aromatic nitrogens is 2. The van der Waals surface area contributed by atoms with Crippen LogP contribution in [-0.2, 0) is 0 Å². The van der Waals surface area contributed by atoms with Crippen molar-refractivity contribution in [3.63, 3.8) is 0 Å². The van der Waals surface area contributed by atoms with Gasteiger partial charge in [0.15, 0.2) is 11.6 Å². The van der Waals surface area contributed by atoms with Gasteiger partial charge in [0.1, 0.15) is 11.0 Å². The molecule has 0 fully saturated rings. The smallest absolute Gasteiger partial charge is 0.261 e. The minimum atomic E-state index is -0.428. The van der Waals surface area contributed by atoms with Crippen molar-refractivity contribution >= 4 is 28.4 Å². The second kappa shape index (κ2) is 4.40. The van der Waals surface area contributed by atoms with E-state index >= 15 is 0 Å². The number of hydrogen-bond donors (Lipinski definition) is 0. The number of rotatable bonds is 2. The lowest BCUT2D eigenvalue weighted by Gasteiger charge is -2.02. The lowest BCUT2D eigenvalue weighted by molar-refractivity contribution is 0.586. The Morgan fingerprint density at radius 1 is 1.21 bits per heavy atom. The van der Waals surface area contributed by atoms with E-state index in [0.717, 1.165) is 0 Å². The van der Waals surface area contributed by atoms with E-state index in [1.165, 1.54) is 30.3 Å². The summed E-state index contributed by atoms with van der Waals surface area (Å²) in [6.07, 6.45) is 0. The van der Waals surface area contributed by atoms with E-state index in [0.29, 0.717) is 10.9 Å². The Kier molecular flexibility index (Phi) is 2.72. The fourth-order valence-corrected chi connectivity index (χ4v) is 1.91. The van der Waals surface area contributed by atoms with Crippen LogP contribution in [0.25, 0.3) is 22.5 Å². The molecule has 0 spiro atoms. The lowest BCUT2D eigenvalue weighted by Crippen LogP contribution is -1.91. The second-order valence-corrected chi connectivity index (χ2v) is 4.09. The van der Waals surface area contributed by atoms with Gasteiger partial charge in [0.2, 0.25) is 0 Å². The molecule has 0 unspecified atom stereocenters. The summed E-state index contributed by atoms with van der Waals surface area (Å²) < 4.78 is 18.3.